The van der Waals surface area contributed by atoms with Gasteiger partial charge in [0.25, 0.3) is 0 Å². The first-order chi connectivity index (χ1) is 8.15. The minimum Gasteiger partial charge on any atom is -0.459 e. The van der Waals surface area contributed by atoms with Gasteiger partial charge in [0.2, 0.25) is 0 Å². The van der Waals surface area contributed by atoms with Gasteiger partial charge in [-0.05, 0) is 26.0 Å². The normalized spacial score (nSPS) is 12.4. The molecule has 0 saturated heterocycles. The first kappa shape index (κ1) is 14.5. The van der Waals surface area contributed by atoms with Crippen LogP contribution in [0.5, 0.6) is 0 Å². The fourth-order valence-corrected chi connectivity index (χ4v) is 2.89. The summed E-state index contributed by atoms with van der Waals surface area (Å²) in [7, 11) is 0. The zero-order chi connectivity index (χ0) is 12.7. The molecule has 1 atom stereocenters. The van der Waals surface area contributed by atoms with Crippen LogP contribution in [-0.2, 0) is 16.1 Å². The largest absolute Gasteiger partial charge is 0.459 e. The van der Waals surface area contributed by atoms with Crippen LogP contribution in [0.25, 0.3) is 0 Å². The van der Waals surface area contributed by atoms with E-state index in [2.05, 4.69) is 11.9 Å². The lowest BCUT2D eigenvalue weighted by atomic mass is 10.4. The van der Waals surface area contributed by atoms with Crippen LogP contribution in [0.3, 0.4) is 0 Å². The minimum atomic E-state index is -0.126. The van der Waals surface area contributed by atoms with Gasteiger partial charge in [-0.25, -0.2) is 4.98 Å². The van der Waals surface area contributed by atoms with Crippen LogP contribution in [0.4, 0.5) is 0 Å². The summed E-state index contributed by atoms with van der Waals surface area (Å²) in [5, 5.41) is -0.0743. The molecular formula is C12H19NO2S2. The molecule has 0 radical (unpaired) electrons. The van der Waals surface area contributed by atoms with Gasteiger partial charge < -0.3 is 4.74 Å². The SMILES string of the molecule is CCCCS[C@@H](C)C(=O)OCc1scnc1C. The Balaban J connectivity index is 2.27. The van der Waals surface area contributed by atoms with Crippen molar-refractivity contribution in [1.82, 2.24) is 4.98 Å². The number of carbonyl (C=O) groups is 1. The standard InChI is InChI=1S/C12H19NO2S2/c1-4-5-6-16-10(3)12(14)15-7-11-9(2)13-8-17-11/h8,10H,4-7H2,1-3H3/t10-/m0/s1. The van der Waals surface area contributed by atoms with E-state index < -0.39 is 0 Å². The van der Waals surface area contributed by atoms with Crippen molar-refractivity contribution >= 4 is 29.1 Å². The van der Waals surface area contributed by atoms with E-state index in [9.17, 15) is 4.79 Å². The summed E-state index contributed by atoms with van der Waals surface area (Å²) in [4.78, 5) is 16.8. The highest BCUT2D eigenvalue weighted by molar-refractivity contribution is 8.00. The van der Waals surface area contributed by atoms with Crippen molar-refractivity contribution in [2.45, 2.75) is 45.5 Å². The van der Waals surface area contributed by atoms with Gasteiger partial charge in [-0.15, -0.1) is 23.1 Å². The number of ether oxygens (including phenoxy) is 1. The van der Waals surface area contributed by atoms with E-state index in [1.165, 1.54) is 11.3 Å². The van der Waals surface area contributed by atoms with Crippen LogP contribution in [-0.4, -0.2) is 22.0 Å². The molecule has 1 rings (SSSR count). The fourth-order valence-electron chi connectivity index (χ4n) is 1.19. The van der Waals surface area contributed by atoms with Crippen molar-refractivity contribution in [3.05, 3.63) is 16.1 Å². The third kappa shape index (κ3) is 5.08. The van der Waals surface area contributed by atoms with E-state index in [0.717, 1.165) is 29.2 Å². The van der Waals surface area contributed by atoms with E-state index in [-0.39, 0.29) is 11.2 Å². The van der Waals surface area contributed by atoms with Crippen LogP contribution >= 0.6 is 23.1 Å². The number of aryl methyl sites for hydroxylation is 1. The van der Waals surface area contributed by atoms with Gasteiger partial charge >= 0.3 is 5.97 Å². The Morgan fingerprint density at radius 1 is 1.65 bits per heavy atom. The summed E-state index contributed by atoms with van der Waals surface area (Å²) in [6.07, 6.45) is 2.31. The number of hydrogen-bond donors (Lipinski definition) is 0. The average molecular weight is 273 g/mol. The number of hydrogen-bond acceptors (Lipinski definition) is 5. The molecule has 0 aliphatic carbocycles. The lowest BCUT2D eigenvalue weighted by molar-refractivity contribution is -0.143. The summed E-state index contributed by atoms with van der Waals surface area (Å²) in [5.41, 5.74) is 2.73. The second kappa shape index (κ2) is 7.71. The quantitative estimate of drug-likeness (QED) is 0.564. The predicted molar refractivity (Wildman–Crippen MR) is 73.5 cm³/mol. The summed E-state index contributed by atoms with van der Waals surface area (Å²) >= 11 is 3.19. The van der Waals surface area contributed by atoms with E-state index in [1.54, 1.807) is 17.3 Å². The molecular weight excluding hydrogens is 254 g/mol. The smallest absolute Gasteiger partial charge is 0.319 e. The number of thioether (sulfide) groups is 1. The molecule has 1 aromatic rings. The molecule has 0 unspecified atom stereocenters. The lowest BCUT2D eigenvalue weighted by Gasteiger charge is -2.10. The topological polar surface area (TPSA) is 39.2 Å². The number of rotatable bonds is 7. The van der Waals surface area contributed by atoms with Crippen molar-refractivity contribution < 1.29 is 9.53 Å². The van der Waals surface area contributed by atoms with Gasteiger partial charge in [-0.2, -0.15) is 0 Å². The fraction of sp³-hybridized carbons (Fsp3) is 0.667. The van der Waals surface area contributed by atoms with Gasteiger partial charge in [0.1, 0.15) is 6.61 Å². The van der Waals surface area contributed by atoms with Gasteiger partial charge in [0.15, 0.2) is 0 Å². The zero-order valence-corrected chi connectivity index (χ0v) is 12.2. The number of esters is 1. The van der Waals surface area contributed by atoms with Crippen molar-refractivity contribution in [1.29, 1.82) is 0 Å². The van der Waals surface area contributed by atoms with E-state index in [4.69, 9.17) is 4.74 Å². The molecule has 0 spiro atoms. The highest BCUT2D eigenvalue weighted by Crippen LogP contribution is 2.17. The highest BCUT2D eigenvalue weighted by Gasteiger charge is 2.15. The Hall–Kier alpha value is -0.550. The molecule has 0 fully saturated rings. The number of thiazole rings is 1. The molecule has 0 aliphatic heterocycles. The second-order valence-corrected chi connectivity index (χ2v) is 6.22. The number of carbonyl (C=O) groups excluding carboxylic acids is 1. The molecule has 17 heavy (non-hydrogen) atoms. The summed E-state index contributed by atoms with van der Waals surface area (Å²) < 4.78 is 5.27. The van der Waals surface area contributed by atoms with E-state index in [0.29, 0.717) is 6.61 Å². The number of unbranched alkanes of at least 4 members (excludes halogenated alkanes) is 1. The third-order valence-corrected chi connectivity index (χ3v) is 4.51. The van der Waals surface area contributed by atoms with Crippen molar-refractivity contribution in [2.75, 3.05) is 5.75 Å². The maximum Gasteiger partial charge on any atom is 0.319 e. The molecule has 3 nitrogen and oxygen atoms in total. The molecule has 0 bridgehead atoms. The number of aromatic nitrogens is 1. The van der Waals surface area contributed by atoms with Gasteiger partial charge in [0, 0.05) is 0 Å². The molecule has 0 aliphatic rings. The van der Waals surface area contributed by atoms with Crippen LogP contribution in [0.2, 0.25) is 0 Å². The molecule has 0 saturated carbocycles. The van der Waals surface area contributed by atoms with Gasteiger partial charge in [-0.3, -0.25) is 4.79 Å². The average Bonchev–Trinajstić information content (AvgIpc) is 2.72. The Labute approximate surface area is 111 Å². The first-order valence-corrected chi connectivity index (χ1v) is 7.75. The summed E-state index contributed by atoms with van der Waals surface area (Å²) in [6.45, 7) is 6.34. The van der Waals surface area contributed by atoms with Crippen LogP contribution in [0.15, 0.2) is 5.51 Å². The third-order valence-electron chi connectivity index (χ3n) is 2.39. The maximum absolute atomic E-state index is 11.7. The Bertz CT molecular complexity index is 352. The molecule has 5 heteroatoms. The second-order valence-electron chi connectivity index (χ2n) is 3.84. The van der Waals surface area contributed by atoms with Crippen LogP contribution in [0.1, 0.15) is 37.3 Å². The maximum atomic E-state index is 11.7. The molecule has 1 aromatic heterocycles. The Kier molecular flexibility index (Phi) is 6.58. The van der Waals surface area contributed by atoms with Crippen LogP contribution < -0.4 is 0 Å². The van der Waals surface area contributed by atoms with Crippen molar-refractivity contribution in [3.8, 4) is 0 Å². The van der Waals surface area contributed by atoms with Gasteiger partial charge in [-0.1, -0.05) is 13.3 Å². The zero-order valence-electron chi connectivity index (χ0n) is 10.6. The molecule has 0 N–H and O–H groups in total. The monoisotopic (exact) mass is 273 g/mol. The van der Waals surface area contributed by atoms with E-state index >= 15 is 0 Å². The van der Waals surface area contributed by atoms with Crippen LogP contribution in [0, 0.1) is 6.92 Å². The molecule has 0 aromatic carbocycles. The summed E-state index contributed by atoms with van der Waals surface area (Å²) in [5.74, 6) is 0.894. The highest BCUT2D eigenvalue weighted by atomic mass is 32.2. The first-order valence-electron chi connectivity index (χ1n) is 5.82. The van der Waals surface area contributed by atoms with Gasteiger partial charge in [0.05, 0.1) is 21.3 Å². The lowest BCUT2D eigenvalue weighted by Crippen LogP contribution is -2.17. The molecule has 0 amide bonds. The minimum absolute atomic E-state index is 0.0743. The van der Waals surface area contributed by atoms with Crippen molar-refractivity contribution in [2.24, 2.45) is 0 Å². The van der Waals surface area contributed by atoms with Crippen molar-refractivity contribution in [3.63, 3.8) is 0 Å². The predicted octanol–water partition coefficient (Wildman–Crippen LogP) is 3.42. The molecule has 96 valence electrons. The molecule has 1 heterocycles. The Morgan fingerprint density at radius 3 is 3.00 bits per heavy atom. The summed E-state index contributed by atoms with van der Waals surface area (Å²) in [6, 6.07) is 0. The Morgan fingerprint density at radius 2 is 2.41 bits per heavy atom. The number of nitrogens with zero attached hydrogens (tertiary/aromatic N) is 1. The van der Waals surface area contributed by atoms with E-state index in [1.807, 2.05) is 13.8 Å².